The number of nitrogens with one attached hydrogen (secondary N) is 1. The van der Waals surface area contributed by atoms with E-state index in [-0.39, 0.29) is 11.0 Å². The molecule has 100 valence electrons. The molecule has 18 heavy (non-hydrogen) atoms. The largest absolute Gasteiger partial charge is 0.310 e. The predicted octanol–water partition coefficient (Wildman–Crippen LogP) is 4.07. The first-order valence-electron chi connectivity index (χ1n) is 6.99. The van der Waals surface area contributed by atoms with Crippen LogP contribution in [0.4, 0.5) is 0 Å². The number of rotatable bonds is 1. The fourth-order valence-corrected chi connectivity index (χ4v) is 3.03. The molecule has 0 bridgehead atoms. The molecular weight excluding hydrogens is 218 g/mol. The van der Waals surface area contributed by atoms with E-state index >= 15 is 0 Å². The molecule has 0 saturated carbocycles. The zero-order valence-corrected chi connectivity index (χ0v) is 12.9. The van der Waals surface area contributed by atoms with Crippen LogP contribution in [0.5, 0.6) is 0 Å². The van der Waals surface area contributed by atoms with Gasteiger partial charge in [0.1, 0.15) is 0 Å². The van der Waals surface area contributed by atoms with Gasteiger partial charge in [-0.05, 0) is 55.4 Å². The van der Waals surface area contributed by atoms with Crippen molar-refractivity contribution in [3.8, 4) is 0 Å². The Morgan fingerprint density at radius 2 is 1.61 bits per heavy atom. The third-order valence-electron chi connectivity index (χ3n) is 4.44. The molecule has 0 aliphatic carbocycles. The Hall–Kier alpha value is -0.820. The molecule has 1 heteroatoms. The molecule has 1 nitrogen and oxygen atoms in total. The zero-order valence-electron chi connectivity index (χ0n) is 12.9. The van der Waals surface area contributed by atoms with Crippen molar-refractivity contribution in [2.75, 3.05) is 6.54 Å². The van der Waals surface area contributed by atoms with Gasteiger partial charge in [0.05, 0.1) is 0 Å². The molecule has 0 amide bonds. The molecule has 1 heterocycles. The molecule has 1 aliphatic rings. The number of hydrogen-bond donors (Lipinski definition) is 1. The van der Waals surface area contributed by atoms with Gasteiger partial charge in [0.2, 0.25) is 0 Å². The van der Waals surface area contributed by atoms with Crippen molar-refractivity contribution < 1.29 is 0 Å². The van der Waals surface area contributed by atoms with E-state index in [9.17, 15) is 0 Å². The maximum Gasteiger partial charge on any atom is 0.0206 e. The molecular formula is C17H27N. The van der Waals surface area contributed by atoms with Crippen LogP contribution in [0.15, 0.2) is 12.1 Å². The highest BCUT2D eigenvalue weighted by Crippen LogP contribution is 2.39. The fraction of sp³-hybridized carbons (Fsp3) is 0.647. The molecule has 1 N–H and O–H groups in total. The first-order valence-corrected chi connectivity index (χ1v) is 6.99. The maximum atomic E-state index is 3.53. The summed E-state index contributed by atoms with van der Waals surface area (Å²) in [7, 11) is 0. The van der Waals surface area contributed by atoms with Crippen LogP contribution in [0.25, 0.3) is 0 Å². The van der Waals surface area contributed by atoms with Gasteiger partial charge in [0, 0.05) is 18.0 Å². The zero-order chi connectivity index (χ0) is 13.7. The second-order valence-corrected chi connectivity index (χ2v) is 7.43. The molecule has 0 spiro atoms. The molecule has 1 unspecified atom stereocenters. The lowest BCUT2D eigenvalue weighted by Gasteiger charge is -2.47. The second kappa shape index (κ2) is 4.09. The molecule has 1 aromatic rings. The second-order valence-electron chi connectivity index (χ2n) is 7.43. The van der Waals surface area contributed by atoms with Crippen LogP contribution in [-0.2, 0) is 5.41 Å². The van der Waals surface area contributed by atoms with Gasteiger partial charge in [-0.3, -0.25) is 0 Å². The average molecular weight is 245 g/mol. The third kappa shape index (κ3) is 2.21. The summed E-state index contributed by atoms with van der Waals surface area (Å²) in [5.74, 6) is 0.659. The molecule has 1 aliphatic heterocycles. The van der Waals surface area contributed by atoms with E-state index in [1.54, 1.807) is 5.56 Å². The predicted molar refractivity (Wildman–Crippen MR) is 79.4 cm³/mol. The quantitative estimate of drug-likeness (QED) is 0.786. The van der Waals surface area contributed by atoms with E-state index in [1.165, 1.54) is 16.7 Å². The minimum atomic E-state index is 0.238. The van der Waals surface area contributed by atoms with Crippen LogP contribution in [0.3, 0.4) is 0 Å². The Labute approximate surface area is 112 Å². The van der Waals surface area contributed by atoms with Gasteiger partial charge in [-0.1, -0.05) is 32.9 Å². The standard InChI is InChI=1S/C17H27N/c1-11-8-13(16(3,4)5)9-12(2)15(11)14-10-18-17(14,6)7/h8-9,14,18H,10H2,1-7H3. The first kappa shape index (κ1) is 13.6. The van der Waals surface area contributed by atoms with Crippen molar-refractivity contribution in [1.82, 2.24) is 5.32 Å². The summed E-state index contributed by atoms with van der Waals surface area (Å²) in [6.45, 7) is 17.1. The first-order chi connectivity index (χ1) is 8.13. The smallest absolute Gasteiger partial charge is 0.0206 e. The van der Waals surface area contributed by atoms with E-state index in [0.29, 0.717) is 5.92 Å². The Balaban J connectivity index is 2.46. The Morgan fingerprint density at radius 1 is 1.11 bits per heavy atom. The van der Waals surface area contributed by atoms with Crippen molar-refractivity contribution in [2.45, 2.75) is 65.3 Å². The summed E-state index contributed by atoms with van der Waals surface area (Å²) in [6, 6.07) is 4.77. The van der Waals surface area contributed by atoms with Gasteiger partial charge in [-0.25, -0.2) is 0 Å². The molecule has 1 aromatic carbocycles. The summed E-state index contributed by atoms with van der Waals surface area (Å²) in [4.78, 5) is 0. The van der Waals surface area contributed by atoms with Crippen molar-refractivity contribution in [1.29, 1.82) is 0 Å². The lowest BCUT2D eigenvalue weighted by Crippen LogP contribution is -2.59. The van der Waals surface area contributed by atoms with Crippen molar-refractivity contribution >= 4 is 0 Å². The number of aryl methyl sites for hydroxylation is 2. The van der Waals surface area contributed by atoms with Crippen molar-refractivity contribution in [3.05, 3.63) is 34.4 Å². The van der Waals surface area contributed by atoms with Crippen molar-refractivity contribution in [2.24, 2.45) is 0 Å². The lowest BCUT2D eigenvalue weighted by atomic mass is 9.71. The van der Waals surface area contributed by atoms with Crippen LogP contribution in [0.1, 0.15) is 62.8 Å². The van der Waals surface area contributed by atoms with Crippen LogP contribution in [0.2, 0.25) is 0 Å². The van der Waals surface area contributed by atoms with E-state index in [0.717, 1.165) is 6.54 Å². The van der Waals surface area contributed by atoms with E-state index in [4.69, 9.17) is 0 Å². The molecule has 0 aromatic heterocycles. The van der Waals surface area contributed by atoms with E-state index < -0.39 is 0 Å². The third-order valence-corrected chi connectivity index (χ3v) is 4.44. The fourth-order valence-electron chi connectivity index (χ4n) is 3.03. The molecule has 0 radical (unpaired) electrons. The van der Waals surface area contributed by atoms with Gasteiger partial charge in [0.15, 0.2) is 0 Å². The van der Waals surface area contributed by atoms with Gasteiger partial charge in [-0.2, -0.15) is 0 Å². The Morgan fingerprint density at radius 3 is 1.89 bits per heavy atom. The molecule has 1 saturated heterocycles. The SMILES string of the molecule is Cc1cc(C(C)(C)C)cc(C)c1C1CNC1(C)C. The summed E-state index contributed by atoms with van der Waals surface area (Å²) >= 11 is 0. The normalized spacial score (nSPS) is 22.7. The Bertz CT molecular complexity index is 440. The maximum absolute atomic E-state index is 3.53. The Kier molecular flexibility index (Phi) is 3.09. The highest BCUT2D eigenvalue weighted by Gasteiger charge is 2.40. The molecule has 1 fully saturated rings. The lowest BCUT2D eigenvalue weighted by molar-refractivity contribution is 0.207. The van der Waals surface area contributed by atoms with Crippen LogP contribution in [0, 0.1) is 13.8 Å². The van der Waals surface area contributed by atoms with Gasteiger partial charge < -0.3 is 5.32 Å². The van der Waals surface area contributed by atoms with Gasteiger partial charge in [0.25, 0.3) is 0 Å². The monoisotopic (exact) mass is 245 g/mol. The average Bonchev–Trinajstić information content (AvgIpc) is 2.20. The van der Waals surface area contributed by atoms with Gasteiger partial charge in [-0.15, -0.1) is 0 Å². The summed E-state index contributed by atoms with van der Waals surface area (Å²) < 4.78 is 0. The summed E-state index contributed by atoms with van der Waals surface area (Å²) in [5, 5.41) is 3.53. The summed E-state index contributed by atoms with van der Waals surface area (Å²) in [5.41, 5.74) is 6.41. The molecule has 2 rings (SSSR count). The van der Waals surface area contributed by atoms with Crippen LogP contribution >= 0.6 is 0 Å². The van der Waals surface area contributed by atoms with Crippen LogP contribution < -0.4 is 5.32 Å². The van der Waals surface area contributed by atoms with E-state index in [2.05, 4.69) is 65.9 Å². The van der Waals surface area contributed by atoms with Crippen molar-refractivity contribution in [3.63, 3.8) is 0 Å². The topological polar surface area (TPSA) is 12.0 Å². The number of hydrogen-bond acceptors (Lipinski definition) is 1. The minimum absolute atomic E-state index is 0.238. The minimum Gasteiger partial charge on any atom is -0.310 e. The van der Waals surface area contributed by atoms with Crippen LogP contribution in [-0.4, -0.2) is 12.1 Å². The highest BCUT2D eigenvalue weighted by molar-refractivity contribution is 5.45. The highest BCUT2D eigenvalue weighted by atomic mass is 15.1. The number of benzene rings is 1. The van der Waals surface area contributed by atoms with E-state index in [1.807, 2.05) is 0 Å². The molecule has 1 atom stereocenters. The van der Waals surface area contributed by atoms with Gasteiger partial charge >= 0.3 is 0 Å². The summed E-state index contributed by atoms with van der Waals surface area (Å²) in [6.07, 6.45) is 0.